The highest BCUT2D eigenvalue weighted by Crippen LogP contribution is 2.34. The van der Waals surface area contributed by atoms with E-state index in [1.807, 2.05) is 0 Å². The zero-order valence-electron chi connectivity index (χ0n) is 11.5. The van der Waals surface area contributed by atoms with Gasteiger partial charge in [0.2, 0.25) is 0 Å². The first-order valence-electron chi connectivity index (χ1n) is 6.26. The van der Waals surface area contributed by atoms with Gasteiger partial charge in [0, 0.05) is 26.3 Å². The number of anilines is 1. The van der Waals surface area contributed by atoms with Crippen LogP contribution in [0.15, 0.2) is 18.3 Å². The Labute approximate surface area is 111 Å². The molecule has 0 aliphatic heterocycles. The molecule has 0 aliphatic carbocycles. The number of hydrogen-bond donors (Lipinski definition) is 1. The van der Waals surface area contributed by atoms with Gasteiger partial charge in [-0.1, -0.05) is 13.8 Å². The third-order valence-corrected chi connectivity index (χ3v) is 2.63. The summed E-state index contributed by atoms with van der Waals surface area (Å²) in [5.74, 6) is 0.493. The van der Waals surface area contributed by atoms with Crippen molar-refractivity contribution in [3.63, 3.8) is 0 Å². The topological polar surface area (TPSA) is 28.2 Å². The van der Waals surface area contributed by atoms with Crippen molar-refractivity contribution in [2.75, 3.05) is 31.6 Å². The van der Waals surface area contributed by atoms with Gasteiger partial charge in [0.15, 0.2) is 0 Å². The molecular weight excluding hydrogens is 255 g/mol. The molecule has 0 saturated heterocycles. The number of aromatic nitrogens is 1. The molecule has 1 N–H and O–H groups in total. The lowest BCUT2D eigenvalue weighted by Crippen LogP contribution is -2.32. The molecule has 0 aliphatic rings. The van der Waals surface area contributed by atoms with Gasteiger partial charge in [0.05, 0.1) is 5.56 Å². The van der Waals surface area contributed by atoms with Crippen LogP contribution in [-0.2, 0) is 6.18 Å². The van der Waals surface area contributed by atoms with Gasteiger partial charge in [-0.05, 0) is 24.6 Å². The first-order chi connectivity index (χ1) is 8.82. The van der Waals surface area contributed by atoms with Gasteiger partial charge < -0.3 is 10.2 Å². The van der Waals surface area contributed by atoms with Crippen molar-refractivity contribution < 1.29 is 13.2 Å². The largest absolute Gasteiger partial charge is 0.419 e. The van der Waals surface area contributed by atoms with Gasteiger partial charge in [-0.3, -0.25) is 0 Å². The Bertz CT molecular complexity index is 391. The molecule has 0 unspecified atom stereocenters. The summed E-state index contributed by atoms with van der Waals surface area (Å²) in [5.41, 5.74) is -0.693. The lowest BCUT2D eigenvalue weighted by atomic mass is 10.2. The number of nitrogens with one attached hydrogen (secondary N) is 1. The third kappa shape index (κ3) is 5.06. The maximum Gasteiger partial charge on any atom is 0.419 e. The summed E-state index contributed by atoms with van der Waals surface area (Å²) in [7, 11) is 1.62. The Morgan fingerprint density at radius 1 is 1.37 bits per heavy atom. The Balaban J connectivity index is 2.64. The van der Waals surface area contributed by atoms with Crippen LogP contribution >= 0.6 is 0 Å². The zero-order chi connectivity index (χ0) is 14.5. The van der Waals surface area contributed by atoms with Crippen molar-refractivity contribution in [1.82, 2.24) is 10.3 Å². The molecule has 19 heavy (non-hydrogen) atoms. The number of nitrogens with zero attached hydrogens (tertiary/aromatic N) is 2. The van der Waals surface area contributed by atoms with Crippen molar-refractivity contribution in [3.05, 3.63) is 23.9 Å². The molecule has 0 aromatic carbocycles. The number of likely N-dealkylation sites (N-methyl/N-ethyl adjacent to an activating group) is 1. The molecule has 0 radical (unpaired) electrons. The number of pyridine rings is 1. The fourth-order valence-corrected chi connectivity index (χ4v) is 1.67. The lowest BCUT2D eigenvalue weighted by molar-refractivity contribution is -0.137. The second-order valence-corrected chi connectivity index (χ2v) is 4.89. The van der Waals surface area contributed by atoms with Crippen molar-refractivity contribution >= 4 is 5.82 Å². The van der Waals surface area contributed by atoms with Crippen LogP contribution in [0.1, 0.15) is 19.4 Å². The smallest absolute Gasteiger partial charge is 0.358 e. The van der Waals surface area contributed by atoms with E-state index in [9.17, 15) is 13.2 Å². The van der Waals surface area contributed by atoms with Crippen LogP contribution in [0, 0.1) is 5.92 Å². The van der Waals surface area contributed by atoms with E-state index >= 15 is 0 Å². The maximum atomic E-state index is 12.8. The molecule has 0 bridgehead atoms. The molecule has 1 aromatic heterocycles. The second-order valence-electron chi connectivity index (χ2n) is 4.89. The van der Waals surface area contributed by atoms with E-state index in [-0.39, 0.29) is 5.82 Å². The van der Waals surface area contributed by atoms with E-state index in [4.69, 9.17) is 0 Å². The molecule has 0 fully saturated rings. The predicted octanol–water partition coefficient (Wildman–Crippen LogP) is 2.78. The number of halogens is 3. The molecular formula is C13H20F3N3. The average Bonchev–Trinajstić information content (AvgIpc) is 2.33. The van der Waals surface area contributed by atoms with Gasteiger partial charge in [0.25, 0.3) is 0 Å². The summed E-state index contributed by atoms with van der Waals surface area (Å²) in [6.45, 7) is 6.12. The Hall–Kier alpha value is -1.30. The summed E-state index contributed by atoms with van der Waals surface area (Å²) in [6, 6.07) is 2.36. The molecule has 1 heterocycles. The van der Waals surface area contributed by atoms with E-state index in [0.29, 0.717) is 19.0 Å². The molecule has 1 aromatic rings. The van der Waals surface area contributed by atoms with Crippen molar-refractivity contribution in [2.45, 2.75) is 20.0 Å². The molecule has 1 rings (SSSR count). The second kappa shape index (κ2) is 6.75. The average molecular weight is 275 g/mol. The summed E-state index contributed by atoms with van der Waals surface area (Å²) in [5, 5.41) is 3.19. The van der Waals surface area contributed by atoms with Crippen LogP contribution in [0.25, 0.3) is 0 Å². The van der Waals surface area contributed by atoms with E-state index < -0.39 is 11.7 Å². The first kappa shape index (κ1) is 15.8. The minimum Gasteiger partial charge on any atom is -0.358 e. The van der Waals surface area contributed by atoms with Gasteiger partial charge in [-0.25, -0.2) is 4.98 Å². The van der Waals surface area contributed by atoms with Gasteiger partial charge in [-0.15, -0.1) is 0 Å². The van der Waals surface area contributed by atoms with Crippen molar-refractivity contribution in [1.29, 1.82) is 0 Å². The van der Waals surface area contributed by atoms with Gasteiger partial charge in [-0.2, -0.15) is 13.2 Å². The molecule has 0 atom stereocenters. The minimum absolute atomic E-state index is 0.0265. The Kier molecular flexibility index (Phi) is 5.60. The highest BCUT2D eigenvalue weighted by atomic mass is 19.4. The molecule has 6 heteroatoms. The van der Waals surface area contributed by atoms with Crippen LogP contribution in [-0.4, -0.2) is 31.7 Å². The molecule has 3 nitrogen and oxygen atoms in total. The highest BCUT2D eigenvalue weighted by Gasteiger charge is 2.34. The fourth-order valence-electron chi connectivity index (χ4n) is 1.67. The maximum absolute atomic E-state index is 12.8. The normalized spacial score (nSPS) is 11.9. The van der Waals surface area contributed by atoms with Crippen LogP contribution < -0.4 is 10.2 Å². The summed E-state index contributed by atoms with van der Waals surface area (Å²) in [6.07, 6.45) is -2.99. The molecule has 108 valence electrons. The van der Waals surface area contributed by atoms with Crippen LogP contribution in [0.4, 0.5) is 19.0 Å². The molecule has 0 amide bonds. The standard InChI is InChI=1S/C13H20F3N3/c1-10(2)9-17-7-8-19(3)12-11(13(14,15)16)5-4-6-18-12/h4-6,10,17H,7-9H2,1-3H3. The summed E-state index contributed by atoms with van der Waals surface area (Å²) < 4.78 is 38.5. The minimum atomic E-state index is -4.37. The number of rotatable bonds is 6. The van der Waals surface area contributed by atoms with E-state index in [1.165, 1.54) is 17.2 Å². The SMILES string of the molecule is CC(C)CNCCN(C)c1ncccc1C(F)(F)F. The van der Waals surface area contributed by atoms with E-state index in [2.05, 4.69) is 24.1 Å². The third-order valence-electron chi connectivity index (χ3n) is 2.63. The number of hydrogen-bond acceptors (Lipinski definition) is 3. The van der Waals surface area contributed by atoms with Crippen LogP contribution in [0.3, 0.4) is 0 Å². The van der Waals surface area contributed by atoms with Crippen LogP contribution in [0.5, 0.6) is 0 Å². The molecule has 0 saturated carbocycles. The van der Waals surface area contributed by atoms with E-state index in [0.717, 1.165) is 12.6 Å². The summed E-state index contributed by atoms with van der Waals surface area (Å²) in [4.78, 5) is 5.36. The lowest BCUT2D eigenvalue weighted by Gasteiger charge is -2.22. The molecule has 0 spiro atoms. The van der Waals surface area contributed by atoms with Crippen molar-refractivity contribution in [2.24, 2.45) is 5.92 Å². The summed E-state index contributed by atoms with van der Waals surface area (Å²) >= 11 is 0. The van der Waals surface area contributed by atoms with Crippen LogP contribution in [0.2, 0.25) is 0 Å². The predicted molar refractivity (Wildman–Crippen MR) is 70.2 cm³/mol. The van der Waals surface area contributed by atoms with Gasteiger partial charge >= 0.3 is 6.18 Å². The monoisotopic (exact) mass is 275 g/mol. The van der Waals surface area contributed by atoms with Crippen molar-refractivity contribution in [3.8, 4) is 0 Å². The Morgan fingerprint density at radius 3 is 2.63 bits per heavy atom. The number of alkyl halides is 3. The fraction of sp³-hybridized carbons (Fsp3) is 0.615. The quantitative estimate of drug-likeness (QED) is 0.809. The van der Waals surface area contributed by atoms with Gasteiger partial charge in [0.1, 0.15) is 5.82 Å². The zero-order valence-corrected chi connectivity index (χ0v) is 11.5. The Morgan fingerprint density at radius 2 is 2.05 bits per heavy atom. The first-order valence-corrected chi connectivity index (χ1v) is 6.26. The van der Waals surface area contributed by atoms with E-state index in [1.54, 1.807) is 7.05 Å². The highest BCUT2D eigenvalue weighted by molar-refractivity contribution is 5.47.